The first-order chi connectivity index (χ1) is 7.17. The second-order valence-corrected chi connectivity index (χ2v) is 5.14. The van der Waals surface area contributed by atoms with Crippen molar-refractivity contribution in [3.05, 3.63) is 0 Å². The standard InChI is InChI=1S/C9H18N5S/c1-5-10-7-12-8(11-6-2)14-9(13-7)15(3)4/h5-6H2,1-4H3,(H2,10,11,12,13,14)/q+1. The lowest BCUT2D eigenvalue weighted by molar-refractivity contribution is 0.891. The van der Waals surface area contributed by atoms with Gasteiger partial charge < -0.3 is 10.6 Å². The summed E-state index contributed by atoms with van der Waals surface area (Å²) in [5.74, 6) is 1.30. The Morgan fingerprint density at radius 2 is 1.40 bits per heavy atom. The monoisotopic (exact) mass is 228 g/mol. The van der Waals surface area contributed by atoms with E-state index in [1.165, 1.54) is 0 Å². The molecule has 0 aromatic carbocycles. The fourth-order valence-corrected chi connectivity index (χ4v) is 1.55. The van der Waals surface area contributed by atoms with E-state index in [1.807, 2.05) is 13.8 Å². The van der Waals surface area contributed by atoms with Gasteiger partial charge in [0.25, 0.3) is 0 Å². The molecule has 6 heteroatoms. The van der Waals surface area contributed by atoms with Gasteiger partial charge in [0.2, 0.25) is 11.9 Å². The maximum Gasteiger partial charge on any atom is 0.350 e. The van der Waals surface area contributed by atoms with E-state index in [9.17, 15) is 0 Å². The molecule has 0 spiro atoms. The third kappa shape index (κ3) is 3.54. The summed E-state index contributed by atoms with van der Waals surface area (Å²) >= 11 is 0. The van der Waals surface area contributed by atoms with Crippen molar-refractivity contribution in [3.8, 4) is 0 Å². The van der Waals surface area contributed by atoms with Crippen LogP contribution in [0.25, 0.3) is 0 Å². The van der Waals surface area contributed by atoms with E-state index in [1.54, 1.807) is 0 Å². The summed E-state index contributed by atoms with van der Waals surface area (Å²) < 4.78 is 0. The molecule has 0 aliphatic heterocycles. The molecule has 1 rings (SSSR count). The average Bonchev–Trinajstić information content (AvgIpc) is 2.18. The highest BCUT2D eigenvalue weighted by Gasteiger charge is 2.16. The van der Waals surface area contributed by atoms with E-state index < -0.39 is 0 Å². The molecule has 0 saturated heterocycles. The number of nitrogens with one attached hydrogen (secondary N) is 2. The quantitative estimate of drug-likeness (QED) is 0.735. The van der Waals surface area contributed by atoms with E-state index >= 15 is 0 Å². The minimum Gasteiger partial charge on any atom is -0.354 e. The first kappa shape index (κ1) is 12.0. The molecular weight excluding hydrogens is 210 g/mol. The van der Waals surface area contributed by atoms with Crippen LogP contribution in [-0.4, -0.2) is 40.6 Å². The summed E-state index contributed by atoms with van der Waals surface area (Å²) in [4.78, 5) is 12.9. The molecule has 5 nitrogen and oxygen atoms in total. The average molecular weight is 228 g/mol. The summed E-state index contributed by atoms with van der Waals surface area (Å²) in [5, 5.41) is 7.05. The van der Waals surface area contributed by atoms with Gasteiger partial charge in [-0.1, -0.05) is 0 Å². The molecule has 0 amide bonds. The van der Waals surface area contributed by atoms with Gasteiger partial charge in [0.05, 0.1) is 10.9 Å². The van der Waals surface area contributed by atoms with Gasteiger partial charge >= 0.3 is 5.16 Å². The Morgan fingerprint density at radius 3 is 1.73 bits per heavy atom. The van der Waals surface area contributed by atoms with E-state index in [2.05, 4.69) is 38.1 Å². The number of anilines is 2. The summed E-state index contributed by atoms with van der Waals surface area (Å²) in [6, 6.07) is 0. The SMILES string of the molecule is CCNc1nc(NCC)nc([S+](C)C)n1. The smallest absolute Gasteiger partial charge is 0.350 e. The third-order valence-electron chi connectivity index (χ3n) is 1.65. The first-order valence-electron chi connectivity index (χ1n) is 4.98. The molecule has 0 unspecified atom stereocenters. The van der Waals surface area contributed by atoms with E-state index in [0.29, 0.717) is 11.9 Å². The molecule has 0 aliphatic carbocycles. The second-order valence-electron chi connectivity index (χ2n) is 3.14. The van der Waals surface area contributed by atoms with Gasteiger partial charge in [-0.05, 0) is 13.8 Å². The summed E-state index contributed by atoms with van der Waals surface area (Å²) in [7, 11) is 0.0511. The van der Waals surface area contributed by atoms with Crippen molar-refractivity contribution in [1.82, 2.24) is 15.0 Å². The number of aromatic nitrogens is 3. The second kappa shape index (κ2) is 5.75. The molecule has 1 aromatic heterocycles. The first-order valence-corrected chi connectivity index (χ1v) is 7.02. The van der Waals surface area contributed by atoms with Crippen LogP contribution in [0.15, 0.2) is 5.16 Å². The van der Waals surface area contributed by atoms with Crippen LogP contribution in [0.5, 0.6) is 0 Å². The van der Waals surface area contributed by atoms with E-state index in [4.69, 9.17) is 0 Å². The number of hydrogen-bond acceptors (Lipinski definition) is 5. The van der Waals surface area contributed by atoms with Gasteiger partial charge in [-0.25, -0.2) is 0 Å². The minimum absolute atomic E-state index is 0.0511. The van der Waals surface area contributed by atoms with Gasteiger partial charge in [0.1, 0.15) is 12.5 Å². The lowest BCUT2D eigenvalue weighted by Gasteiger charge is -2.05. The van der Waals surface area contributed by atoms with Crippen molar-refractivity contribution >= 4 is 22.8 Å². The predicted octanol–water partition coefficient (Wildman–Crippen LogP) is 0.972. The highest BCUT2D eigenvalue weighted by molar-refractivity contribution is 7.95. The molecule has 0 radical (unpaired) electrons. The van der Waals surface area contributed by atoms with Crippen molar-refractivity contribution in [2.75, 3.05) is 36.2 Å². The van der Waals surface area contributed by atoms with Gasteiger partial charge in [-0.3, -0.25) is 0 Å². The number of rotatable bonds is 5. The van der Waals surface area contributed by atoms with Crippen LogP contribution < -0.4 is 10.6 Å². The third-order valence-corrected chi connectivity index (χ3v) is 2.56. The fourth-order valence-electron chi connectivity index (χ4n) is 1.01. The molecule has 1 aromatic rings. The Hall–Kier alpha value is -1.04. The molecule has 15 heavy (non-hydrogen) atoms. The Bertz CT molecular complexity index is 291. The number of hydrogen-bond donors (Lipinski definition) is 2. The van der Waals surface area contributed by atoms with Crippen LogP contribution in [0.3, 0.4) is 0 Å². The lowest BCUT2D eigenvalue weighted by Crippen LogP contribution is -2.13. The normalized spacial score (nSPS) is 10.5. The predicted molar refractivity (Wildman–Crippen MR) is 65.6 cm³/mol. The van der Waals surface area contributed by atoms with Crippen LogP contribution in [0, 0.1) is 0 Å². The van der Waals surface area contributed by atoms with E-state index in [-0.39, 0.29) is 10.9 Å². The Labute approximate surface area is 93.5 Å². The zero-order chi connectivity index (χ0) is 11.3. The molecule has 0 fully saturated rings. The zero-order valence-corrected chi connectivity index (χ0v) is 10.5. The highest BCUT2D eigenvalue weighted by Crippen LogP contribution is 2.09. The molecule has 2 N–H and O–H groups in total. The van der Waals surface area contributed by atoms with Crippen molar-refractivity contribution in [3.63, 3.8) is 0 Å². The molecule has 0 bridgehead atoms. The molecule has 0 atom stereocenters. The van der Waals surface area contributed by atoms with Crippen molar-refractivity contribution in [2.45, 2.75) is 19.0 Å². The van der Waals surface area contributed by atoms with Gasteiger partial charge in [-0.15, -0.1) is 9.97 Å². The lowest BCUT2D eigenvalue weighted by atomic mass is 10.7. The van der Waals surface area contributed by atoms with Crippen LogP contribution >= 0.6 is 0 Å². The number of nitrogens with zero attached hydrogens (tertiary/aromatic N) is 3. The van der Waals surface area contributed by atoms with Crippen LogP contribution in [0.2, 0.25) is 0 Å². The Morgan fingerprint density at radius 1 is 0.933 bits per heavy atom. The largest absolute Gasteiger partial charge is 0.354 e. The fraction of sp³-hybridized carbons (Fsp3) is 0.667. The molecular formula is C9H18N5S+. The maximum absolute atomic E-state index is 4.34. The van der Waals surface area contributed by atoms with Crippen LogP contribution in [0.1, 0.15) is 13.8 Å². The summed E-state index contributed by atoms with van der Waals surface area (Å²) in [6.07, 6.45) is 4.20. The van der Waals surface area contributed by atoms with Gasteiger partial charge in [0, 0.05) is 13.1 Å². The molecule has 84 valence electrons. The summed E-state index contributed by atoms with van der Waals surface area (Å²) in [6.45, 7) is 5.68. The highest BCUT2D eigenvalue weighted by atomic mass is 32.2. The van der Waals surface area contributed by atoms with E-state index in [0.717, 1.165) is 18.2 Å². The Balaban J connectivity index is 2.97. The van der Waals surface area contributed by atoms with Crippen LogP contribution in [-0.2, 0) is 10.9 Å². The topological polar surface area (TPSA) is 62.7 Å². The van der Waals surface area contributed by atoms with Crippen molar-refractivity contribution in [1.29, 1.82) is 0 Å². The molecule has 1 heterocycles. The summed E-state index contributed by atoms with van der Waals surface area (Å²) in [5.41, 5.74) is 0. The Kier molecular flexibility index (Phi) is 4.61. The molecule has 0 saturated carbocycles. The van der Waals surface area contributed by atoms with Crippen molar-refractivity contribution in [2.24, 2.45) is 0 Å². The van der Waals surface area contributed by atoms with Crippen LogP contribution in [0.4, 0.5) is 11.9 Å². The zero-order valence-electron chi connectivity index (χ0n) is 9.66. The van der Waals surface area contributed by atoms with Gasteiger partial charge in [-0.2, -0.15) is 4.98 Å². The maximum atomic E-state index is 4.34. The van der Waals surface area contributed by atoms with Gasteiger partial charge in [0.15, 0.2) is 0 Å². The minimum atomic E-state index is 0.0511. The van der Waals surface area contributed by atoms with Crippen molar-refractivity contribution < 1.29 is 0 Å². The molecule has 0 aliphatic rings.